The summed E-state index contributed by atoms with van der Waals surface area (Å²) < 4.78 is 5.19. The van der Waals surface area contributed by atoms with Crippen molar-refractivity contribution < 1.29 is 9.53 Å². The Bertz CT molecular complexity index is 702. The third-order valence-corrected chi connectivity index (χ3v) is 2.19. The Morgan fingerprint density at radius 3 is 2.74 bits per heavy atom. The third kappa shape index (κ3) is 2.67. The third-order valence-electron chi connectivity index (χ3n) is 2.19. The van der Waals surface area contributed by atoms with Gasteiger partial charge in [0, 0.05) is 0 Å². The number of nitrogens with zero attached hydrogens (tertiary/aromatic N) is 3. The van der Waals surface area contributed by atoms with E-state index in [2.05, 4.69) is 20.4 Å². The van der Waals surface area contributed by atoms with E-state index in [1.165, 1.54) is 6.07 Å². The van der Waals surface area contributed by atoms with Crippen LogP contribution in [0.3, 0.4) is 0 Å². The number of ether oxygens (including phenoxy) is 1. The molecule has 0 aliphatic carbocycles. The van der Waals surface area contributed by atoms with Crippen LogP contribution in [0.2, 0.25) is 0 Å². The predicted molar refractivity (Wildman–Crippen MR) is 67.5 cm³/mol. The molecule has 0 bridgehead atoms. The van der Waals surface area contributed by atoms with Crippen LogP contribution in [0.25, 0.3) is 11.2 Å². The molecule has 0 saturated heterocycles. The summed E-state index contributed by atoms with van der Waals surface area (Å²) in [4.78, 5) is 27.4. The number of carbonyl (C=O) groups excluding carboxylic acids is 1. The van der Waals surface area contributed by atoms with Gasteiger partial charge in [-0.2, -0.15) is 4.98 Å². The molecule has 2 aromatic heterocycles. The molecule has 8 heteroatoms. The van der Waals surface area contributed by atoms with Gasteiger partial charge < -0.3 is 10.5 Å². The second-order valence-electron chi connectivity index (χ2n) is 4.94. The minimum Gasteiger partial charge on any atom is -0.456 e. The van der Waals surface area contributed by atoms with Gasteiger partial charge >= 0.3 is 5.97 Å². The Kier molecular flexibility index (Phi) is 2.93. The fourth-order valence-corrected chi connectivity index (χ4v) is 1.41. The Hall–Kier alpha value is -2.51. The molecular formula is C11H13N5O3. The molecular weight excluding hydrogens is 250 g/mol. The summed E-state index contributed by atoms with van der Waals surface area (Å²) in [6.07, 6.45) is 0. The largest absolute Gasteiger partial charge is 0.456 e. The molecule has 0 spiro atoms. The minimum atomic E-state index is -0.746. The van der Waals surface area contributed by atoms with Crippen LogP contribution in [-0.2, 0) is 4.74 Å². The first-order chi connectivity index (χ1) is 8.78. The summed E-state index contributed by atoms with van der Waals surface area (Å²) in [6.45, 7) is 5.15. The molecule has 0 aromatic carbocycles. The summed E-state index contributed by atoms with van der Waals surface area (Å²) in [6, 6.07) is 1.35. The van der Waals surface area contributed by atoms with Crippen molar-refractivity contribution in [1.29, 1.82) is 0 Å². The van der Waals surface area contributed by atoms with Crippen molar-refractivity contribution in [3.05, 3.63) is 22.0 Å². The fraction of sp³-hybridized carbons (Fsp3) is 0.364. The van der Waals surface area contributed by atoms with Crippen LogP contribution in [0.4, 0.5) is 5.69 Å². The van der Waals surface area contributed by atoms with Gasteiger partial charge in [0.1, 0.15) is 16.8 Å². The van der Waals surface area contributed by atoms with Crippen LogP contribution < -0.4 is 11.3 Å². The second kappa shape index (κ2) is 4.30. The van der Waals surface area contributed by atoms with Crippen LogP contribution in [0, 0.1) is 0 Å². The van der Waals surface area contributed by atoms with Crippen molar-refractivity contribution in [1.82, 2.24) is 20.4 Å². The lowest BCUT2D eigenvalue weighted by Crippen LogP contribution is -2.25. The van der Waals surface area contributed by atoms with Crippen molar-refractivity contribution in [3.8, 4) is 0 Å². The van der Waals surface area contributed by atoms with Crippen molar-refractivity contribution in [2.45, 2.75) is 26.4 Å². The zero-order valence-corrected chi connectivity index (χ0v) is 10.7. The van der Waals surface area contributed by atoms with E-state index in [0.29, 0.717) is 5.52 Å². The lowest BCUT2D eigenvalue weighted by Gasteiger charge is -2.19. The monoisotopic (exact) mass is 263 g/mol. The van der Waals surface area contributed by atoms with Crippen molar-refractivity contribution >= 4 is 22.8 Å². The Morgan fingerprint density at radius 2 is 2.11 bits per heavy atom. The average molecular weight is 263 g/mol. The predicted octanol–water partition coefficient (Wildman–Crippen LogP) is 0.251. The fourth-order valence-electron chi connectivity index (χ4n) is 1.41. The van der Waals surface area contributed by atoms with Gasteiger partial charge in [-0.25, -0.2) is 4.79 Å². The van der Waals surface area contributed by atoms with Gasteiger partial charge in [-0.15, -0.1) is 5.10 Å². The lowest BCUT2D eigenvalue weighted by molar-refractivity contribution is 0.00709. The summed E-state index contributed by atoms with van der Waals surface area (Å²) in [5.74, 6) is -0.698. The van der Waals surface area contributed by atoms with E-state index in [-0.39, 0.29) is 16.9 Å². The summed E-state index contributed by atoms with van der Waals surface area (Å²) >= 11 is 0. The quantitative estimate of drug-likeness (QED) is 0.706. The van der Waals surface area contributed by atoms with Gasteiger partial charge in [-0.3, -0.25) is 9.89 Å². The van der Waals surface area contributed by atoms with Crippen molar-refractivity contribution in [2.75, 3.05) is 5.73 Å². The van der Waals surface area contributed by atoms with Gasteiger partial charge in [-0.05, 0) is 26.8 Å². The summed E-state index contributed by atoms with van der Waals surface area (Å²) in [7, 11) is 0. The number of H-pyrrole nitrogens is 1. The van der Waals surface area contributed by atoms with Crippen LogP contribution in [0.15, 0.2) is 10.9 Å². The number of nitrogen functional groups attached to an aromatic ring is 1. The molecule has 0 unspecified atom stereocenters. The first kappa shape index (κ1) is 12.9. The number of nitrogens with one attached hydrogen (secondary N) is 1. The van der Waals surface area contributed by atoms with Crippen LogP contribution >= 0.6 is 0 Å². The molecule has 0 radical (unpaired) electrons. The lowest BCUT2D eigenvalue weighted by atomic mass is 10.2. The van der Waals surface area contributed by atoms with Gasteiger partial charge in [-0.1, -0.05) is 5.21 Å². The number of hydrogen-bond acceptors (Lipinski definition) is 7. The van der Waals surface area contributed by atoms with E-state index < -0.39 is 17.1 Å². The van der Waals surface area contributed by atoms with Crippen molar-refractivity contribution in [3.63, 3.8) is 0 Å². The first-order valence-corrected chi connectivity index (χ1v) is 5.53. The summed E-state index contributed by atoms with van der Waals surface area (Å²) in [5, 5.41) is 9.64. The number of esters is 1. The van der Waals surface area contributed by atoms with E-state index in [9.17, 15) is 9.59 Å². The molecule has 0 fully saturated rings. The number of aromatic amines is 1. The standard InChI is InChI=1S/C11H13N5O3/c1-11(2,3)19-10(18)5-4-6-8(15-16-14-6)13-9(17)7(5)12/h4H,1-3H3,(H3,12,13,14,15,16,17). The van der Waals surface area contributed by atoms with E-state index >= 15 is 0 Å². The van der Waals surface area contributed by atoms with Gasteiger partial charge in [0.15, 0.2) is 0 Å². The smallest absolute Gasteiger partial charge is 0.341 e. The molecule has 19 heavy (non-hydrogen) atoms. The van der Waals surface area contributed by atoms with Crippen LogP contribution in [-0.4, -0.2) is 32.0 Å². The highest BCUT2D eigenvalue weighted by atomic mass is 16.6. The normalized spacial score (nSPS) is 11.5. The maximum Gasteiger partial charge on any atom is 0.341 e. The molecule has 0 saturated carbocycles. The van der Waals surface area contributed by atoms with E-state index in [1.54, 1.807) is 20.8 Å². The highest BCUT2D eigenvalue weighted by molar-refractivity contribution is 5.97. The van der Waals surface area contributed by atoms with Gasteiger partial charge in [0.2, 0.25) is 5.65 Å². The maximum absolute atomic E-state index is 12.0. The number of aromatic nitrogens is 4. The molecule has 100 valence electrons. The number of anilines is 1. The number of fused-ring (bicyclic) bond motifs is 1. The minimum absolute atomic E-state index is 0.0616. The van der Waals surface area contributed by atoms with E-state index in [4.69, 9.17) is 10.5 Å². The number of hydrogen-bond donors (Lipinski definition) is 2. The molecule has 0 amide bonds. The number of carbonyl (C=O) groups is 1. The van der Waals surface area contributed by atoms with Crippen LogP contribution in [0.1, 0.15) is 31.1 Å². The zero-order valence-electron chi connectivity index (χ0n) is 10.7. The van der Waals surface area contributed by atoms with E-state index in [0.717, 1.165) is 0 Å². The number of nitrogens with two attached hydrogens (primary N) is 1. The Balaban J connectivity index is 2.63. The Labute approximate surface area is 108 Å². The topological polar surface area (TPSA) is 124 Å². The van der Waals surface area contributed by atoms with E-state index in [1.807, 2.05) is 0 Å². The Morgan fingerprint density at radius 1 is 1.42 bits per heavy atom. The van der Waals surface area contributed by atoms with Gasteiger partial charge in [0.25, 0.3) is 5.56 Å². The zero-order chi connectivity index (χ0) is 14.2. The molecule has 2 aromatic rings. The number of rotatable bonds is 1. The summed E-state index contributed by atoms with van der Waals surface area (Å²) in [5.41, 5.74) is 4.26. The molecule has 0 aliphatic rings. The molecule has 2 rings (SSSR count). The highest BCUT2D eigenvalue weighted by Crippen LogP contribution is 2.16. The SMILES string of the molecule is CC(C)(C)OC(=O)c1cc2[nH]nnc2nc(=O)c1N. The molecule has 8 nitrogen and oxygen atoms in total. The molecule has 3 N–H and O–H groups in total. The van der Waals surface area contributed by atoms with Crippen LogP contribution in [0.5, 0.6) is 0 Å². The molecule has 2 heterocycles. The first-order valence-electron chi connectivity index (χ1n) is 5.53. The van der Waals surface area contributed by atoms with Crippen molar-refractivity contribution in [2.24, 2.45) is 0 Å². The highest BCUT2D eigenvalue weighted by Gasteiger charge is 2.21. The van der Waals surface area contributed by atoms with Gasteiger partial charge in [0.05, 0.1) is 5.56 Å². The molecule has 0 atom stereocenters. The average Bonchev–Trinajstić information content (AvgIpc) is 2.65. The maximum atomic E-state index is 12.0. The second-order valence-corrected chi connectivity index (χ2v) is 4.94. The molecule has 0 aliphatic heterocycles.